The van der Waals surface area contributed by atoms with Crippen molar-refractivity contribution in [1.29, 1.82) is 0 Å². The van der Waals surface area contributed by atoms with E-state index in [1.807, 2.05) is 0 Å². The monoisotopic (exact) mass is 572 g/mol. The first-order valence-corrected chi connectivity index (χ1v) is 11.9. The summed E-state index contributed by atoms with van der Waals surface area (Å²) in [7, 11) is 1.16. The van der Waals surface area contributed by atoms with E-state index >= 15 is 4.39 Å². The van der Waals surface area contributed by atoms with E-state index in [4.69, 9.17) is 19.3 Å². The van der Waals surface area contributed by atoms with Crippen LogP contribution in [-0.4, -0.2) is 72.6 Å². The number of carboxylic acid groups (broad SMARTS) is 1. The van der Waals surface area contributed by atoms with Crippen molar-refractivity contribution >= 4 is 45.2 Å². The highest BCUT2D eigenvalue weighted by Gasteiger charge is 2.37. The van der Waals surface area contributed by atoms with Crippen molar-refractivity contribution in [2.75, 3.05) is 33.4 Å². The smallest absolute Gasteiger partial charge is 0.466 e. The van der Waals surface area contributed by atoms with Gasteiger partial charge in [-0.05, 0) is 22.0 Å². The molecule has 2 N–H and O–H groups in total. The molecule has 2 aromatic rings. The number of ether oxygens (including phenoxy) is 3. The van der Waals surface area contributed by atoms with E-state index in [0.717, 1.165) is 7.11 Å². The summed E-state index contributed by atoms with van der Waals surface area (Å²) >= 11 is 4.21. The van der Waals surface area contributed by atoms with Crippen LogP contribution >= 0.6 is 27.3 Å². The number of carbonyl (C=O) groups excluding carboxylic acids is 1. The van der Waals surface area contributed by atoms with Gasteiger partial charge in [0.15, 0.2) is 28.7 Å². The topological polar surface area (TPSA) is 123 Å². The molecule has 0 radical (unpaired) electrons. The van der Waals surface area contributed by atoms with E-state index in [1.54, 1.807) is 16.5 Å². The number of nitrogens with one attached hydrogen (secondary N) is 1. The minimum absolute atomic E-state index is 0.0173. The van der Waals surface area contributed by atoms with E-state index in [1.165, 1.54) is 23.5 Å². The third-order valence-electron chi connectivity index (χ3n) is 5.31. The number of thiazole rings is 1. The maximum atomic E-state index is 15.1. The van der Waals surface area contributed by atoms with Crippen LogP contribution in [0.2, 0.25) is 0 Å². The number of carbonyl (C=O) groups is 2. The van der Waals surface area contributed by atoms with Crippen LogP contribution < -0.4 is 5.32 Å². The van der Waals surface area contributed by atoms with Gasteiger partial charge in [-0.2, -0.15) is 0 Å². The molecule has 0 bridgehead atoms. The predicted molar refractivity (Wildman–Crippen MR) is 123 cm³/mol. The van der Waals surface area contributed by atoms with Gasteiger partial charge in [0.25, 0.3) is 0 Å². The Morgan fingerprint density at radius 1 is 1.37 bits per heavy atom. The van der Waals surface area contributed by atoms with Crippen LogP contribution in [0, 0.1) is 11.6 Å². The van der Waals surface area contributed by atoms with Crippen molar-refractivity contribution < 1.29 is 37.7 Å². The Morgan fingerprint density at radius 2 is 2.17 bits per heavy atom. The van der Waals surface area contributed by atoms with Crippen LogP contribution in [-0.2, 0) is 19.0 Å². The van der Waals surface area contributed by atoms with Crippen molar-refractivity contribution in [3.05, 3.63) is 61.7 Å². The number of esters is 1. The second-order valence-electron chi connectivity index (χ2n) is 7.37. The molecule has 0 amide bonds. The fraction of sp³-hybridized carbons (Fsp3) is 0.333. The maximum Gasteiger partial charge on any atom is 0.507 e. The van der Waals surface area contributed by atoms with Gasteiger partial charge in [0, 0.05) is 35.9 Å². The molecule has 1 fully saturated rings. The third kappa shape index (κ3) is 5.34. The average molecular weight is 573 g/mol. The summed E-state index contributed by atoms with van der Waals surface area (Å²) in [5.74, 6) is -2.88. The number of methoxy groups -OCH3 is 1. The highest BCUT2D eigenvalue weighted by Crippen LogP contribution is 2.36. The molecule has 2 atom stereocenters. The Kier molecular flexibility index (Phi) is 7.74. The highest BCUT2D eigenvalue weighted by atomic mass is 79.9. The molecule has 4 rings (SSSR count). The summed E-state index contributed by atoms with van der Waals surface area (Å²) in [6.45, 7) is 0.542. The second-order valence-corrected chi connectivity index (χ2v) is 9.12. The molecule has 0 saturated carbocycles. The van der Waals surface area contributed by atoms with Gasteiger partial charge < -0.3 is 24.6 Å². The zero-order valence-corrected chi connectivity index (χ0v) is 20.6. The zero-order valence-electron chi connectivity index (χ0n) is 18.2. The number of hydrogen-bond donors (Lipinski definition) is 2. The Balaban J connectivity index is 1.83. The number of rotatable bonds is 6. The quantitative estimate of drug-likeness (QED) is 0.397. The lowest BCUT2D eigenvalue weighted by Crippen LogP contribution is -2.50. The number of morpholine rings is 1. The molecule has 1 aromatic heterocycles. The minimum Gasteiger partial charge on any atom is -0.466 e. The lowest BCUT2D eigenvalue weighted by Gasteiger charge is -2.36. The molecule has 14 heteroatoms. The summed E-state index contributed by atoms with van der Waals surface area (Å²) in [6, 6.07) is 1.38. The summed E-state index contributed by atoms with van der Waals surface area (Å²) < 4.78 is 44.6. The lowest BCUT2D eigenvalue weighted by molar-refractivity contribution is -0.136. The Labute approximate surface area is 210 Å². The van der Waals surface area contributed by atoms with Gasteiger partial charge in [-0.1, -0.05) is 6.07 Å². The predicted octanol–water partition coefficient (Wildman–Crippen LogP) is 3.05. The highest BCUT2D eigenvalue weighted by molar-refractivity contribution is 9.10. The number of halogens is 3. The molecule has 10 nitrogen and oxygen atoms in total. The summed E-state index contributed by atoms with van der Waals surface area (Å²) in [5, 5.41) is 14.3. The fourth-order valence-electron chi connectivity index (χ4n) is 3.72. The molecule has 35 heavy (non-hydrogen) atoms. The maximum absolute atomic E-state index is 15.1. The fourth-order valence-corrected chi connectivity index (χ4v) is 4.62. The first-order valence-electron chi connectivity index (χ1n) is 10.2. The van der Waals surface area contributed by atoms with E-state index in [2.05, 4.69) is 31.2 Å². The second kappa shape index (κ2) is 10.8. The molecule has 0 aliphatic carbocycles. The van der Waals surface area contributed by atoms with Gasteiger partial charge in [-0.25, -0.2) is 23.4 Å². The molecule has 0 unspecified atom stereocenters. The molecule has 2 aliphatic rings. The molecular formula is C21H19BrF2N4O6S. The van der Waals surface area contributed by atoms with Gasteiger partial charge in [0.05, 0.1) is 30.4 Å². The molecule has 0 spiro atoms. The van der Waals surface area contributed by atoms with Crippen LogP contribution in [0.3, 0.4) is 0 Å². The normalized spacial score (nSPS) is 20.7. The molecule has 2 aliphatic heterocycles. The number of benzene rings is 1. The molecule has 186 valence electrons. The summed E-state index contributed by atoms with van der Waals surface area (Å²) in [5.41, 5.74) is 0.0131. The summed E-state index contributed by atoms with van der Waals surface area (Å²) in [6.07, 6.45) is -0.881. The van der Waals surface area contributed by atoms with E-state index in [0.29, 0.717) is 11.6 Å². The van der Waals surface area contributed by atoms with Crippen molar-refractivity contribution in [3.63, 3.8) is 0 Å². The van der Waals surface area contributed by atoms with Crippen LogP contribution in [0.15, 0.2) is 44.4 Å². The van der Waals surface area contributed by atoms with Crippen LogP contribution in [0.1, 0.15) is 16.6 Å². The molecule has 1 saturated heterocycles. The van der Waals surface area contributed by atoms with Crippen molar-refractivity contribution in [3.8, 4) is 0 Å². The standard InChI is InChI=1S/C21H19BrF2N4O6S/c1-32-20(29)14-12(8-28-5-6-33-9-13(28)34-21(30)31)26-18(19-25-4-7-35-19)27-17(14)10-2-3-11(22)16(24)15(10)23/h2-4,7,13,17H,5-6,8-9H2,1H3,(H,26,27)(H,30,31)/t13-,17-/m0/s1. The van der Waals surface area contributed by atoms with Crippen LogP contribution in [0.5, 0.6) is 0 Å². The number of hydrogen-bond acceptors (Lipinski definition) is 10. The first-order chi connectivity index (χ1) is 16.8. The van der Waals surface area contributed by atoms with E-state index in [9.17, 15) is 14.0 Å². The van der Waals surface area contributed by atoms with Crippen molar-refractivity contribution in [2.24, 2.45) is 4.99 Å². The third-order valence-corrected chi connectivity index (χ3v) is 6.71. The van der Waals surface area contributed by atoms with Gasteiger partial charge in [-0.15, -0.1) is 11.3 Å². The molecular weight excluding hydrogens is 554 g/mol. The van der Waals surface area contributed by atoms with Crippen LogP contribution in [0.25, 0.3) is 0 Å². The number of nitrogens with zero attached hydrogens (tertiary/aromatic N) is 3. The lowest BCUT2D eigenvalue weighted by atomic mass is 9.94. The Morgan fingerprint density at radius 3 is 2.86 bits per heavy atom. The van der Waals surface area contributed by atoms with Crippen molar-refractivity contribution in [2.45, 2.75) is 12.3 Å². The number of aliphatic imine (C=N–C) groups is 1. The zero-order chi connectivity index (χ0) is 25.1. The Bertz CT molecular complexity index is 1190. The molecule has 3 heterocycles. The number of amidine groups is 1. The van der Waals surface area contributed by atoms with Gasteiger partial charge >= 0.3 is 12.1 Å². The molecule has 1 aromatic carbocycles. The van der Waals surface area contributed by atoms with E-state index in [-0.39, 0.29) is 46.8 Å². The number of aromatic nitrogens is 1. The van der Waals surface area contributed by atoms with Gasteiger partial charge in [0.2, 0.25) is 0 Å². The van der Waals surface area contributed by atoms with E-state index < -0.39 is 36.0 Å². The minimum atomic E-state index is -1.49. The summed E-state index contributed by atoms with van der Waals surface area (Å²) in [4.78, 5) is 34.4. The van der Waals surface area contributed by atoms with Crippen molar-refractivity contribution in [1.82, 2.24) is 15.2 Å². The van der Waals surface area contributed by atoms with Gasteiger partial charge in [-0.3, -0.25) is 9.89 Å². The first kappa shape index (κ1) is 25.2. The SMILES string of the molecule is COC(=O)C1=C(CN2CCOC[C@@H]2OC(=O)O)NC(c2nccs2)=N[C@H]1c1ccc(Br)c(F)c1F. The van der Waals surface area contributed by atoms with Gasteiger partial charge in [0.1, 0.15) is 6.04 Å². The van der Waals surface area contributed by atoms with Crippen LogP contribution in [0.4, 0.5) is 13.6 Å². The largest absolute Gasteiger partial charge is 0.507 e. The average Bonchev–Trinajstić information content (AvgIpc) is 3.38. The Hall–Kier alpha value is -2.94.